The van der Waals surface area contributed by atoms with Crippen LogP contribution in [0.5, 0.6) is 0 Å². The second kappa shape index (κ2) is 7.28. The second-order valence-corrected chi connectivity index (χ2v) is 7.38. The SMILES string of the molecule is Cc1cc(C)c(-c2csc(NC(=O)c3ccc(C)c([N+](=O)[O-])c3)n2)c(C)c1. The van der Waals surface area contributed by atoms with Gasteiger partial charge in [-0.15, -0.1) is 11.3 Å². The Hall–Kier alpha value is -3.06. The van der Waals surface area contributed by atoms with Gasteiger partial charge in [0.1, 0.15) is 0 Å². The van der Waals surface area contributed by atoms with E-state index in [-0.39, 0.29) is 11.3 Å². The van der Waals surface area contributed by atoms with Gasteiger partial charge in [0, 0.05) is 28.1 Å². The lowest BCUT2D eigenvalue weighted by Crippen LogP contribution is -2.12. The van der Waals surface area contributed by atoms with Gasteiger partial charge >= 0.3 is 0 Å². The van der Waals surface area contributed by atoms with Gasteiger partial charge in [0.25, 0.3) is 11.6 Å². The maximum absolute atomic E-state index is 12.5. The van der Waals surface area contributed by atoms with Crippen molar-refractivity contribution in [1.82, 2.24) is 4.98 Å². The van der Waals surface area contributed by atoms with E-state index in [0.29, 0.717) is 10.7 Å². The molecule has 0 spiro atoms. The van der Waals surface area contributed by atoms with Crippen LogP contribution in [0.1, 0.15) is 32.6 Å². The Morgan fingerprint density at radius 2 is 1.74 bits per heavy atom. The number of thiazole rings is 1. The molecular weight excluding hydrogens is 362 g/mol. The van der Waals surface area contributed by atoms with Crippen molar-refractivity contribution in [1.29, 1.82) is 0 Å². The zero-order chi connectivity index (χ0) is 19.7. The van der Waals surface area contributed by atoms with Crippen molar-refractivity contribution in [2.24, 2.45) is 0 Å². The minimum absolute atomic E-state index is 0.0756. The monoisotopic (exact) mass is 381 g/mol. The predicted molar refractivity (Wildman–Crippen MR) is 108 cm³/mol. The number of carbonyl (C=O) groups excluding carboxylic acids is 1. The number of aryl methyl sites for hydroxylation is 4. The van der Waals surface area contributed by atoms with Crippen molar-refractivity contribution in [3.05, 3.63) is 73.6 Å². The van der Waals surface area contributed by atoms with Gasteiger partial charge < -0.3 is 0 Å². The van der Waals surface area contributed by atoms with Crippen molar-refractivity contribution in [3.8, 4) is 11.3 Å². The fourth-order valence-electron chi connectivity index (χ4n) is 3.15. The van der Waals surface area contributed by atoms with Gasteiger partial charge in [-0.2, -0.15) is 0 Å². The molecule has 7 heteroatoms. The summed E-state index contributed by atoms with van der Waals surface area (Å²) in [5.41, 5.74) is 5.98. The number of hydrogen-bond donors (Lipinski definition) is 1. The Morgan fingerprint density at radius 1 is 1.07 bits per heavy atom. The quantitative estimate of drug-likeness (QED) is 0.497. The van der Waals surface area contributed by atoms with Gasteiger partial charge in [0.2, 0.25) is 0 Å². The molecule has 1 aromatic heterocycles. The summed E-state index contributed by atoms with van der Waals surface area (Å²) in [6.07, 6.45) is 0. The van der Waals surface area contributed by atoms with Crippen LogP contribution in [-0.4, -0.2) is 15.8 Å². The molecule has 0 aliphatic rings. The van der Waals surface area contributed by atoms with Crippen molar-refractivity contribution < 1.29 is 9.72 Å². The molecule has 1 heterocycles. The second-order valence-electron chi connectivity index (χ2n) is 6.52. The summed E-state index contributed by atoms with van der Waals surface area (Å²) < 4.78 is 0. The number of nitro benzene ring substituents is 1. The number of amides is 1. The van der Waals surface area contributed by atoms with E-state index in [1.807, 2.05) is 19.2 Å². The molecule has 6 nitrogen and oxygen atoms in total. The number of benzene rings is 2. The van der Waals surface area contributed by atoms with E-state index in [9.17, 15) is 14.9 Å². The van der Waals surface area contributed by atoms with E-state index in [2.05, 4.69) is 29.4 Å². The number of anilines is 1. The molecule has 27 heavy (non-hydrogen) atoms. The first-order chi connectivity index (χ1) is 12.8. The minimum Gasteiger partial charge on any atom is -0.298 e. The van der Waals surface area contributed by atoms with Gasteiger partial charge in [-0.1, -0.05) is 23.8 Å². The number of nitrogens with one attached hydrogen (secondary N) is 1. The van der Waals surface area contributed by atoms with Crippen LogP contribution in [-0.2, 0) is 0 Å². The molecule has 138 valence electrons. The first-order valence-corrected chi connectivity index (χ1v) is 9.24. The third kappa shape index (κ3) is 3.88. The van der Waals surface area contributed by atoms with Crippen molar-refractivity contribution in [3.63, 3.8) is 0 Å². The molecule has 0 unspecified atom stereocenters. The fourth-order valence-corrected chi connectivity index (χ4v) is 3.84. The lowest BCUT2D eigenvalue weighted by molar-refractivity contribution is -0.385. The number of hydrogen-bond acceptors (Lipinski definition) is 5. The third-order valence-electron chi connectivity index (χ3n) is 4.33. The predicted octanol–water partition coefficient (Wildman–Crippen LogP) is 5.20. The molecule has 0 aliphatic heterocycles. The average molecular weight is 381 g/mol. The lowest BCUT2D eigenvalue weighted by Gasteiger charge is -2.08. The summed E-state index contributed by atoms with van der Waals surface area (Å²) in [7, 11) is 0. The molecule has 0 saturated heterocycles. The molecule has 1 amide bonds. The highest BCUT2D eigenvalue weighted by molar-refractivity contribution is 7.14. The number of nitrogens with zero attached hydrogens (tertiary/aromatic N) is 2. The number of carbonyl (C=O) groups is 1. The average Bonchev–Trinajstić information content (AvgIpc) is 3.01. The summed E-state index contributed by atoms with van der Waals surface area (Å²) in [4.78, 5) is 27.6. The summed E-state index contributed by atoms with van der Waals surface area (Å²) >= 11 is 1.33. The first kappa shape index (κ1) is 18.7. The first-order valence-electron chi connectivity index (χ1n) is 8.36. The highest BCUT2D eigenvalue weighted by Gasteiger charge is 2.17. The largest absolute Gasteiger partial charge is 0.298 e. The summed E-state index contributed by atoms with van der Waals surface area (Å²) in [5.74, 6) is -0.420. The van der Waals surface area contributed by atoms with Crippen LogP contribution in [0.4, 0.5) is 10.8 Å². The highest BCUT2D eigenvalue weighted by atomic mass is 32.1. The van der Waals surface area contributed by atoms with Crippen LogP contribution in [0.2, 0.25) is 0 Å². The van der Waals surface area contributed by atoms with E-state index >= 15 is 0 Å². The van der Waals surface area contributed by atoms with E-state index in [4.69, 9.17) is 0 Å². The zero-order valence-electron chi connectivity index (χ0n) is 15.5. The van der Waals surface area contributed by atoms with Crippen LogP contribution in [0.25, 0.3) is 11.3 Å². The van der Waals surface area contributed by atoms with Gasteiger partial charge in [0.15, 0.2) is 5.13 Å². The number of aromatic nitrogens is 1. The Balaban J connectivity index is 1.86. The molecule has 0 bridgehead atoms. The van der Waals surface area contributed by atoms with E-state index in [1.165, 1.54) is 23.0 Å². The lowest BCUT2D eigenvalue weighted by atomic mass is 9.98. The number of rotatable bonds is 4. The Bertz CT molecular complexity index is 1030. The van der Waals surface area contributed by atoms with Gasteiger partial charge in [-0.05, 0) is 44.9 Å². The van der Waals surface area contributed by atoms with Crippen LogP contribution in [0, 0.1) is 37.8 Å². The van der Waals surface area contributed by atoms with E-state index in [1.54, 1.807) is 19.1 Å². The van der Waals surface area contributed by atoms with Crippen LogP contribution < -0.4 is 5.32 Å². The summed E-state index contributed by atoms with van der Waals surface area (Å²) in [6.45, 7) is 7.77. The normalized spacial score (nSPS) is 10.7. The standard InChI is InChI=1S/C20H19N3O3S/c1-11-7-13(3)18(14(4)8-11)16-10-27-20(21-16)22-19(24)15-6-5-12(2)17(9-15)23(25)26/h5-10H,1-4H3,(H,21,22,24). The smallest absolute Gasteiger partial charge is 0.273 e. The van der Waals surface area contributed by atoms with Gasteiger partial charge in [-0.25, -0.2) is 4.98 Å². The molecule has 0 atom stereocenters. The minimum atomic E-state index is -0.490. The number of nitro groups is 1. The molecule has 1 N–H and O–H groups in total. The summed E-state index contributed by atoms with van der Waals surface area (Å²) in [5, 5.41) is 16.2. The van der Waals surface area contributed by atoms with Crippen molar-refractivity contribution in [2.45, 2.75) is 27.7 Å². The molecule has 3 aromatic rings. The maximum atomic E-state index is 12.5. The zero-order valence-corrected chi connectivity index (χ0v) is 16.3. The van der Waals surface area contributed by atoms with E-state index < -0.39 is 10.8 Å². The Labute approximate surface area is 161 Å². The summed E-state index contributed by atoms with van der Waals surface area (Å²) in [6, 6.07) is 8.63. The fraction of sp³-hybridized carbons (Fsp3) is 0.200. The van der Waals surface area contributed by atoms with Crippen LogP contribution >= 0.6 is 11.3 Å². The molecule has 3 rings (SSSR count). The van der Waals surface area contributed by atoms with E-state index in [0.717, 1.165) is 22.4 Å². The van der Waals surface area contributed by atoms with Crippen molar-refractivity contribution >= 4 is 28.1 Å². The molecule has 0 fully saturated rings. The van der Waals surface area contributed by atoms with Gasteiger partial charge in [0.05, 0.1) is 10.6 Å². The highest BCUT2D eigenvalue weighted by Crippen LogP contribution is 2.31. The maximum Gasteiger partial charge on any atom is 0.273 e. The van der Waals surface area contributed by atoms with Crippen LogP contribution in [0.3, 0.4) is 0 Å². The molecule has 0 radical (unpaired) electrons. The molecular formula is C20H19N3O3S. The van der Waals surface area contributed by atoms with Crippen molar-refractivity contribution in [2.75, 3.05) is 5.32 Å². The van der Waals surface area contributed by atoms with Gasteiger partial charge in [-0.3, -0.25) is 20.2 Å². The Morgan fingerprint density at radius 3 is 2.37 bits per heavy atom. The Kier molecular flexibility index (Phi) is 5.05. The topological polar surface area (TPSA) is 85.1 Å². The molecule has 0 aliphatic carbocycles. The third-order valence-corrected chi connectivity index (χ3v) is 5.08. The van der Waals surface area contributed by atoms with Crippen LogP contribution in [0.15, 0.2) is 35.7 Å². The molecule has 0 saturated carbocycles. The molecule has 2 aromatic carbocycles.